The number of fused-ring (bicyclic) bond motifs is 2. The Morgan fingerprint density at radius 1 is 1.21 bits per heavy atom. The predicted octanol–water partition coefficient (Wildman–Crippen LogP) is 3.96. The summed E-state index contributed by atoms with van der Waals surface area (Å²) in [6, 6.07) is 9.02. The summed E-state index contributed by atoms with van der Waals surface area (Å²) in [5, 5.41) is 0. The number of amides is 2. The van der Waals surface area contributed by atoms with Crippen LogP contribution >= 0.6 is 11.8 Å². The molecule has 0 radical (unpaired) electrons. The fourth-order valence-electron chi connectivity index (χ4n) is 3.95. The summed E-state index contributed by atoms with van der Waals surface area (Å²) in [7, 11) is 0. The van der Waals surface area contributed by atoms with Crippen molar-refractivity contribution < 1.29 is 18.4 Å². The van der Waals surface area contributed by atoms with Crippen molar-refractivity contribution in [1.82, 2.24) is 4.90 Å². The molecule has 2 heterocycles. The molecule has 2 aromatic rings. The molecule has 4 nitrogen and oxygen atoms in total. The molecule has 2 amide bonds. The van der Waals surface area contributed by atoms with Crippen molar-refractivity contribution in [1.29, 1.82) is 0 Å². The maximum absolute atomic E-state index is 14.3. The van der Waals surface area contributed by atoms with E-state index < -0.39 is 16.5 Å². The van der Waals surface area contributed by atoms with Gasteiger partial charge in [-0.05, 0) is 19.1 Å². The molecule has 0 aromatic heterocycles. The Hall–Kier alpha value is -2.41. The topological polar surface area (TPSA) is 40.6 Å². The molecule has 1 unspecified atom stereocenters. The Bertz CT molecular complexity index is 981. The van der Waals surface area contributed by atoms with Gasteiger partial charge in [0.1, 0.15) is 11.6 Å². The molecule has 4 rings (SSSR count). The van der Waals surface area contributed by atoms with Crippen LogP contribution in [0.2, 0.25) is 0 Å². The van der Waals surface area contributed by atoms with E-state index in [-0.39, 0.29) is 23.9 Å². The summed E-state index contributed by atoms with van der Waals surface area (Å²) in [6.45, 7) is 4.19. The second-order valence-electron chi connectivity index (χ2n) is 7.04. The van der Waals surface area contributed by atoms with E-state index in [1.807, 2.05) is 25.1 Å². The number of carbonyl (C=O) groups excluding carboxylic acids is 2. The molecule has 1 fully saturated rings. The van der Waals surface area contributed by atoms with E-state index in [0.717, 1.165) is 17.2 Å². The van der Waals surface area contributed by atoms with E-state index in [9.17, 15) is 18.4 Å². The molecular weight excluding hydrogens is 382 g/mol. The number of rotatable bonds is 3. The van der Waals surface area contributed by atoms with Gasteiger partial charge in [-0.25, -0.2) is 8.78 Å². The quantitative estimate of drug-likeness (QED) is 0.780. The van der Waals surface area contributed by atoms with E-state index in [1.165, 1.54) is 28.8 Å². The normalized spacial score (nSPS) is 20.9. The van der Waals surface area contributed by atoms with Gasteiger partial charge in [-0.3, -0.25) is 9.59 Å². The van der Waals surface area contributed by atoms with Crippen LogP contribution in [0.5, 0.6) is 0 Å². The van der Waals surface area contributed by atoms with Crippen LogP contribution in [0.15, 0.2) is 36.4 Å². The van der Waals surface area contributed by atoms with Crippen molar-refractivity contribution in [3.8, 4) is 0 Å². The van der Waals surface area contributed by atoms with Crippen molar-refractivity contribution in [2.75, 3.05) is 17.2 Å². The maximum Gasteiger partial charge on any atom is 0.268 e. The lowest BCUT2D eigenvalue weighted by Gasteiger charge is -2.33. The Balaban J connectivity index is 1.82. The molecule has 28 heavy (non-hydrogen) atoms. The fourth-order valence-corrected chi connectivity index (χ4v) is 5.42. The Morgan fingerprint density at radius 2 is 2.00 bits per heavy atom. The van der Waals surface area contributed by atoms with E-state index in [1.54, 1.807) is 11.8 Å². The van der Waals surface area contributed by atoms with Gasteiger partial charge in [0.15, 0.2) is 4.87 Å². The third kappa shape index (κ3) is 2.71. The van der Waals surface area contributed by atoms with Crippen LogP contribution in [0, 0.1) is 18.6 Å². The highest BCUT2D eigenvalue weighted by atomic mass is 32.2. The van der Waals surface area contributed by atoms with Crippen molar-refractivity contribution in [3.05, 3.63) is 64.7 Å². The Morgan fingerprint density at radius 3 is 2.71 bits per heavy atom. The molecule has 1 atom stereocenters. The average Bonchev–Trinajstić information content (AvgIpc) is 3.20. The number of thioether (sulfide) groups is 1. The molecule has 7 heteroatoms. The molecular formula is C21H20F2N2O2S. The van der Waals surface area contributed by atoms with Gasteiger partial charge in [0.2, 0.25) is 5.91 Å². The number of benzene rings is 2. The van der Waals surface area contributed by atoms with Gasteiger partial charge in [0.05, 0.1) is 12.2 Å². The van der Waals surface area contributed by atoms with E-state index >= 15 is 0 Å². The smallest absolute Gasteiger partial charge is 0.268 e. The lowest BCUT2D eigenvalue weighted by molar-refractivity contribution is -0.139. The van der Waals surface area contributed by atoms with Crippen LogP contribution < -0.4 is 4.90 Å². The standard InChI is InChI=1S/C21H20F2N2O2S/c1-3-19(26)25-8-9-28-21(25)16-10-13(2)4-7-18(16)24(20(21)27)12-14-5-6-15(22)11-17(14)23/h4-7,10-11H,3,8-9,12H2,1-2H3. The van der Waals surface area contributed by atoms with E-state index in [2.05, 4.69) is 0 Å². The van der Waals surface area contributed by atoms with Crippen LogP contribution in [0.3, 0.4) is 0 Å². The van der Waals surface area contributed by atoms with Crippen molar-refractivity contribution in [3.63, 3.8) is 0 Å². The lowest BCUT2D eigenvalue weighted by atomic mass is 10.0. The maximum atomic E-state index is 14.3. The van der Waals surface area contributed by atoms with Gasteiger partial charge in [-0.15, -0.1) is 11.8 Å². The summed E-state index contributed by atoms with van der Waals surface area (Å²) >= 11 is 1.44. The van der Waals surface area contributed by atoms with Gasteiger partial charge in [-0.1, -0.05) is 30.7 Å². The summed E-state index contributed by atoms with van der Waals surface area (Å²) < 4.78 is 27.5. The third-order valence-electron chi connectivity index (χ3n) is 5.30. The summed E-state index contributed by atoms with van der Waals surface area (Å²) in [6.07, 6.45) is 0.309. The first-order valence-corrected chi connectivity index (χ1v) is 10.2. The second kappa shape index (κ2) is 6.88. The van der Waals surface area contributed by atoms with Crippen molar-refractivity contribution >= 4 is 29.3 Å². The number of aryl methyl sites for hydroxylation is 1. The number of hydrogen-bond donors (Lipinski definition) is 0. The highest BCUT2D eigenvalue weighted by Crippen LogP contribution is 2.54. The van der Waals surface area contributed by atoms with Crippen LogP contribution in [0.4, 0.5) is 14.5 Å². The second-order valence-corrected chi connectivity index (χ2v) is 8.33. The van der Waals surface area contributed by atoms with Gasteiger partial charge in [0.25, 0.3) is 5.91 Å². The minimum Gasteiger partial charge on any atom is -0.315 e. The molecule has 2 aliphatic rings. The summed E-state index contributed by atoms with van der Waals surface area (Å²) in [5.41, 5.74) is 2.65. The van der Waals surface area contributed by atoms with Gasteiger partial charge in [-0.2, -0.15) is 0 Å². The molecule has 1 saturated heterocycles. The first-order valence-electron chi connectivity index (χ1n) is 9.20. The zero-order valence-corrected chi connectivity index (χ0v) is 16.5. The fraction of sp³-hybridized carbons (Fsp3) is 0.333. The van der Waals surface area contributed by atoms with Crippen molar-refractivity contribution in [2.24, 2.45) is 0 Å². The SMILES string of the molecule is CCC(=O)N1CCSC12C(=O)N(Cc1ccc(F)cc1F)c1ccc(C)cc12. The first-order chi connectivity index (χ1) is 13.4. The van der Waals surface area contributed by atoms with E-state index in [4.69, 9.17) is 0 Å². The Kier molecular flexibility index (Phi) is 4.65. The molecule has 2 aromatic carbocycles. The molecule has 0 saturated carbocycles. The monoisotopic (exact) mass is 402 g/mol. The molecule has 146 valence electrons. The number of hydrogen-bond acceptors (Lipinski definition) is 3. The average molecular weight is 402 g/mol. The van der Waals surface area contributed by atoms with Crippen molar-refractivity contribution in [2.45, 2.75) is 31.7 Å². The summed E-state index contributed by atoms with van der Waals surface area (Å²) in [4.78, 5) is 28.3. The van der Waals surface area contributed by atoms with Crippen LogP contribution in [0.25, 0.3) is 0 Å². The minimum absolute atomic E-state index is 0.0164. The highest BCUT2D eigenvalue weighted by Gasteiger charge is 2.59. The number of anilines is 1. The first kappa shape index (κ1) is 18.9. The molecule has 0 N–H and O–H groups in total. The zero-order valence-electron chi connectivity index (χ0n) is 15.7. The number of nitrogens with zero attached hydrogens (tertiary/aromatic N) is 2. The van der Waals surface area contributed by atoms with Crippen LogP contribution in [-0.2, 0) is 21.0 Å². The molecule has 2 aliphatic heterocycles. The highest BCUT2D eigenvalue weighted by molar-refractivity contribution is 8.01. The summed E-state index contributed by atoms with van der Waals surface area (Å²) in [5.74, 6) is -1.03. The van der Waals surface area contributed by atoms with E-state index in [0.29, 0.717) is 24.4 Å². The third-order valence-corrected chi connectivity index (χ3v) is 6.72. The predicted molar refractivity (Wildman–Crippen MR) is 105 cm³/mol. The van der Waals surface area contributed by atoms with Crippen LogP contribution in [0.1, 0.15) is 30.0 Å². The Labute approximate surface area is 166 Å². The van der Waals surface area contributed by atoms with Gasteiger partial charge < -0.3 is 9.80 Å². The van der Waals surface area contributed by atoms with Crippen LogP contribution in [-0.4, -0.2) is 29.0 Å². The molecule has 0 aliphatic carbocycles. The lowest BCUT2D eigenvalue weighted by Crippen LogP contribution is -2.50. The number of halogens is 2. The zero-order chi connectivity index (χ0) is 20.1. The minimum atomic E-state index is -1.11. The van der Waals surface area contributed by atoms with Gasteiger partial charge in [0, 0.05) is 35.9 Å². The largest absolute Gasteiger partial charge is 0.315 e. The molecule has 1 spiro atoms. The number of carbonyl (C=O) groups is 2. The molecule has 0 bridgehead atoms. The van der Waals surface area contributed by atoms with Gasteiger partial charge >= 0.3 is 0 Å².